The fourth-order valence-corrected chi connectivity index (χ4v) is 3.06. The molecule has 134 valence electrons. The number of carbonyl (C=O) groups excluding carboxylic acids is 2. The van der Waals surface area contributed by atoms with Crippen LogP contribution in [0, 0.1) is 0 Å². The second-order valence-electron chi connectivity index (χ2n) is 6.68. The number of hydrogen-bond acceptors (Lipinski definition) is 5. The Morgan fingerprint density at radius 2 is 1.88 bits per heavy atom. The summed E-state index contributed by atoms with van der Waals surface area (Å²) in [6.07, 6.45) is 2.51. The van der Waals surface area contributed by atoms with Crippen LogP contribution in [0.1, 0.15) is 37.2 Å². The maximum absolute atomic E-state index is 12.8. The minimum Gasteiger partial charge on any atom is -0.389 e. The number of imidazole rings is 1. The highest BCUT2D eigenvalue weighted by Crippen LogP contribution is 2.18. The van der Waals surface area contributed by atoms with Gasteiger partial charge in [-0.15, -0.1) is 0 Å². The standard InChI is InChI=1S/C17H23N5O3/c1-11(2)22-10-19-15-6-13(7-18-16(15)22)17(25)21-5-4-20(12(3)23)8-14(24)9-21/h6-7,10-11,14,24H,4-5,8-9H2,1-3H3. The summed E-state index contributed by atoms with van der Waals surface area (Å²) >= 11 is 0. The largest absolute Gasteiger partial charge is 0.389 e. The van der Waals surface area contributed by atoms with Crippen LogP contribution in [0.2, 0.25) is 0 Å². The summed E-state index contributed by atoms with van der Waals surface area (Å²) in [6.45, 7) is 6.79. The first-order chi connectivity index (χ1) is 11.9. The highest BCUT2D eigenvalue weighted by molar-refractivity contribution is 5.96. The third-order valence-electron chi connectivity index (χ3n) is 4.45. The van der Waals surface area contributed by atoms with Gasteiger partial charge in [-0.25, -0.2) is 9.97 Å². The molecule has 1 saturated heterocycles. The lowest BCUT2D eigenvalue weighted by Crippen LogP contribution is -2.37. The average Bonchev–Trinajstić information content (AvgIpc) is 2.89. The molecule has 2 amide bonds. The number of aliphatic hydroxyl groups is 1. The lowest BCUT2D eigenvalue weighted by Gasteiger charge is -2.21. The summed E-state index contributed by atoms with van der Waals surface area (Å²) in [5, 5.41) is 10.1. The summed E-state index contributed by atoms with van der Waals surface area (Å²) < 4.78 is 1.95. The van der Waals surface area contributed by atoms with Crippen molar-refractivity contribution in [1.82, 2.24) is 24.3 Å². The van der Waals surface area contributed by atoms with Crippen molar-refractivity contribution in [3.05, 3.63) is 24.2 Å². The zero-order chi connectivity index (χ0) is 18.1. The van der Waals surface area contributed by atoms with Crippen LogP contribution in [0.3, 0.4) is 0 Å². The van der Waals surface area contributed by atoms with E-state index in [9.17, 15) is 14.7 Å². The first kappa shape index (κ1) is 17.3. The Morgan fingerprint density at radius 3 is 2.56 bits per heavy atom. The molecule has 0 spiro atoms. The van der Waals surface area contributed by atoms with E-state index in [1.54, 1.807) is 28.4 Å². The number of aromatic nitrogens is 3. The van der Waals surface area contributed by atoms with E-state index in [-0.39, 0.29) is 30.9 Å². The Balaban J connectivity index is 1.82. The third-order valence-corrected chi connectivity index (χ3v) is 4.45. The second kappa shape index (κ2) is 6.79. The third kappa shape index (κ3) is 3.48. The van der Waals surface area contributed by atoms with E-state index in [4.69, 9.17) is 0 Å². The molecule has 1 fully saturated rings. The van der Waals surface area contributed by atoms with Gasteiger partial charge < -0.3 is 19.5 Å². The Kier molecular flexibility index (Phi) is 4.71. The van der Waals surface area contributed by atoms with Crippen molar-refractivity contribution in [2.45, 2.75) is 32.9 Å². The maximum Gasteiger partial charge on any atom is 0.255 e. The van der Waals surface area contributed by atoms with Crippen molar-refractivity contribution in [2.24, 2.45) is 0 Å². The van der Waals surface area contributed by atoms with Gasteiger partial charge in [-0.3, -0.25) is 9.59 Å². The van der Waals surface area contributed by atoms with Gasteiger partial charge in [-0.05, 0) is 19.9 Å². The molecule has 8 nitrogen and oxygen atoms in total. The van der Waals surface area contributed by atoms with Gasteiger partial charge in [0.05, 0.1) is 18.0 Å². The quantitative estimate of drug-likeness (QED) is 0.864. The average molecular weight is 345 g/mol. The zero-order valence-corrected chi connectivity index (χ0v) is 14.7. The Labute approximate surface area is 146 Å². The lowest BCUT2D eigenvalue weighted by molar-refractivity contribution is -0.129. The predicted molar refractivity (Wildman–Crippen MR) is 92.1 cm³/mol. The van der Waals surface area contributed by atoms with Crippen molar-refractivity contribution in [1.29, 1.82) is 0 Å². The molecule has 8 heteroatoms. The summed E-state index contributed by atoms with van der Waals surface area (Å²) in [6, 6.07) is 1.96. The van der Waals surface area contributed by atoms with Crippen LogP contribution in [-0.4, -0.2) is 73.5 Å². The van der Waals surface area contributed by atoms with Crippen LogP contribution in [0.5, 0.6) is 0 Å². The van der Waals surface area contributed by atoms with Gasteiger partial charge in [-0.2, -0.15) is 0 Å². The first-order valence-electron chi connectivity index (χ1n) is 8.42. The Hall–Kier alpha value is -2.48. The number of fused-ring (bicyclic) bond motifs is 1. The van der Waals surface area contributed by atoms with Crippen molar-refractivity contribution < 1.29 is 14.7 Å². The predicted octanol–water partition coefficient (Wildman–Crippen LogP) is 0.677. The summed E-state index contributed by atoms with van der Waals surface area (Å²) in [5.74, 6) is -0.311. The van der Waals surface area contributed by atoms with E-state index < -0.39 is 6.10 Å². The topological polar surface area (TPSA) is 91.6 Å². The highest BCUT2D eigenvalue weighted by Gasteiger charge is 2.26. The SMILES string of the molecule is CC(=O)N1CCN(C(=O)c2cnc3c(c2)ncn3C(C)C)CC(O)C1. The monoisotopic (exact) mass is 345 g/mol. The molecular weight excluding hydrogens is 322 g/mol. The first-order valence-corrected chi connectivity index (χ1v) is 8.42. The van der Waals surface area contributed by atoms with Gasteiger partial charge in [0.2, 0.25) is 5.91 Å². The van der Waals surface area contributed by atoms with Gasteiger partial charge >= 0.3 is 0 Å². The molecule has 1 unspecified atom stereocenters. The normalized spacial score (nSPS) is 18.7. The van der Waals surface area contributed by atoms with Gasteiger partial charge in [0.1, 0.15) is 5.52 Å². The van der Waals surface area contributed by atoms with Crippen LogP contribution in [0.25, 0.3) is 11.2 Å². The molecular formula is C17H23N5O3. The molecule has 3 rings (SSSR count). The van der Waals surface area contributed by atoms with Crippen LogP contribution in [-0.2, 0) is 4.79 Å². The molecule has 0 aromatic carbocycles. The fourth-order valence-electron chi connectivity index (χ4n) is 3.06. The Bertz CT molecular complexity index is 801. The van der Waals surface area contributed by atoms with Crippen molar-refractivity contribution >= 4 is 23.0 Å². The maximum atomic E-state index is 12.8. The summed E-state index contributed by atoms with van der Waals surface area (Å²) in [4.78, 5) is 36.2. The fraction of sp³-hybridized carbons (Fsp3) is 0.529. The molecule has 1 N–H and O–H groups in total. The van der Waals surface area contributed by atoms with Crippen LogP contribution < -0.4 is 0 Å². The van der Waals surface area contributed by atoms with E-state index in [1.807, 2.05) is 18.4 Å². The number of carbonyl (C=O) groups is 2. The van der Waals surface area contributed by atoms with Crippen molar-refractivity contribution in [2.75, 3.05) is 26.2 Å². The molecule has 0 radical (unpaired) electrons. The van der Waals surface area contributed by atoms with E-state index in [1.165, 1.54) is 6.92 Å². The summed E-state index contributed by atoms with van der Waals surface area (Å²) in [7, 11) is 0. The van der Waals surface area contributed by atoms with E-state index in [0.29, 0.717) is 24.2 Å². The molecule has 3 heterocycles. The van der Waals surface area contributed by atoms with E-state index in [2.05, 4.69) is 9.97 Å². The summed E-state index contributed by atoms with van der Waals surface area (Å²) in [5.41, 5.74) is 1.84. The van der Waals surface area contributed by atoms with Gasteiger partial charge in [0.15, 0.2) is 5.65 Å². The van der Waals surface area contributed by atoms with Crippen molar-refractivity contribution in [3.63, 3.8) is 0 Å². The van der Waals surface area contributed by atoms with Crippen molar-refractivity contribution in [3.8, 4) is 0 Å². The number of β-amino-alcohol motifs (C(OH)–C–C–N with tert-alkyl or cyclic N) is 1. The molecule has 0 aliphatic carbocycles. The number of nitrogens with zero attached hydrogens (tertiary/aromatic N) is 5. The zero-order valence-electron chi connectivity index (χ0n) is 14.7. The molecule has 2 aromatic rings. The molecule has 0 saturated carbocycles. The number of hydrogen-bond donors (Lipinski definition) is 1. The molecule has 1 aliphatic heterocycles. The van der Waals surface area contributed by atoms with Crippen LogP contribution in [0.15, 0.2) is 18.6 Å². The minimum absolute atomic E-state index is 0.101. The highest BCUT2D eigenvalue weighted by atomic mass is 16.3. The smallest absolute Gasteiger partial charge is 0.255 e. The van der Waals surface area contributed by atoms with E-state index >= 15 is 0 Å². The second-order valence-corrected chi connectivity index (χ2v) is 6.68. The van der Waals surface area contributed by atoms with Crippen LogP contribution >= 0.6 is 0 Å². The number of aliphatic hydroxyl groups excluding tert-OH is 1. The van der Waals surface area contributed by atoms with Gasteiger partial charge in [0, 0.05) is 45.3 Å². The lowest BCUT2D eigenvalue weighted by atomic mass is 10.2. The molecule has 25 heavy (non-hydrogen) atoms. The van der Waals surface area contributed by atoms with E-state index in [0.717, 1.165) is 5.65 Å². The number of pyridine rings is 1. The number of amides is 2. The molecule has 0 bridgehead atoms. The van der Waals surface area contributed by atoms with Gasteiger partial charge in [-0.1, -0.05) is 0 Å². The number of rotatable bonds is 2. The minimum atomic E-state index is -0.757. The molecule has 2 aromatic heterocycles. The van der Waals surface area contributed by atoms with Gasteiger partial charge in [0.25, 0.3) is 5.91 Å². The Morgan fingerprint density at radius 1 is 1.20 bits per heavy atom. The molecule has 1 atom stereocenters. The molecule has 1 aliphatic rings. The van der Waals surface area contributed by atoms with Crippen LogP contribution in [0.4, 0.5) is 0 Å².